The molecule has 1 saturated heterocycles. The molecular weight excluding hydrogens is 446 g/mol. The minimum atomic E-state index is -1.57. The van der Waals surface area contributed by atoms with E-state index in [9.17, 15) is 24.6 Å². The van der Waals surface area contributed by atoms with Gasteiger partial charge in [-0.3, -0.25) is 14.4 Å². The second kappa shape index (κ2) is 10.3. The van der Waals surface area contributed by atoms with Crippen LogP contribution in [0.15, 0.2) is 12.1 Å². The molecular formula is C24H36ClN3O5. The van der Waals surface area contributed by atoms with Crippen LogP contribution in [0, 0.1) is 19.8 Å². The number of carbonyl (C=O) groups is 3. The largest absolute Gasteiger partial charge is 0.507 e. The Morgan fingerprint density at radius 2 is 1.79 bits per heavy atom. The summed E-state index contributed by atoms with van der Waals surface area (Å²) >= 11 is 6.27. The Labute approximate surface area is 200 Å². The molecule has 3 amide bonds. The van der Waals surface area contributed by atoms with Gasteiger partial charge in [0, 0.05) is 23.2 Å². The van der Waals surface area contributed by atoms with Crippen LogP contribution in [0.2, 0.25) is 0 Å². The number of halogens is 1. The lowest BCUT2D eigenvalue weighted by atomic mass is 9.95. The molecule has 1 aromatic rings. The highest BCUT2D eigenvalue weighted by atomic mass is 35.5. The summed E-state index contributed by atoms with van der Waals surface area (Å²) in [5.74, 6) is -1.76. The van der Waals surface area contributed by atoms with Crippen LogP contribution in [0.4, 0.5) is 0 Å². The van der Waals surface area contributed by atoms with Crippen LogP contribution in [0.25, 0.3) is 0 Å². The first-order valence-corrected chi connectivity index (χ1v) is 11.6. The summed E-state index contributed by atoms with van der Waals surface area (Å²) in [6, 6.07) is 1.52. The van der Waals surface area contributed by atoms with Crippen molar-refractivity contribution in [3.05, 3.63) is 28.8 Å². The van der Waals surface area contributed by atoms with Crippen molar-refractivity contribution in [3.63, 3.8) is 0 Å². The van der Waals surface area contributed by atoms with Crippen LogP contribution in [0.5, 0.6) is 5.75 Å². The summed E-state index contributed by atoms with van der Waals surface area (Å²) in [7, 11) is 0. The molecule has 0 aromatic heterocycles. The van der Waals surface area contributed by atoms with Gasteiger partial charge in [0.05, 0.1) is 11.4 Å². The number of phenols is 1. The number of likely N-dealkylation sites (tertiary alicyclic amines) is 1. The van der Waals surface area contributed by atoms with Crippen LogP contribution in [-0.2, 0) is 9.59 Å². The van der Waals surface area contributed by atoms with Gasteiger partial charge in [-0.2, -0.15) is 0 Å². The summed E-state index contributed by atoms with van der Waals surface area (Å²) in [6.45, 7) is 12.6. The quantitative estimate of drug-likeness (QED) is 0.465. The van der Waals surface area contributed by atoms with Crippen LogP contribution in [0.1, 0.15) is 62.5 Å². The molecule has 1 heterocycles. The number of aromatic hydroxyl groups is 1. The fourth-order valence-electron chi connectivity index (χ4n) is 3.97. The molecule has 184 valence electrons. The molecule has 2 rings (SSSR count). The highest BCUT2D eigenvalue weighted by molar-refractivity contribution is 6.21. The van der Waals surface area contributed by atoms with E-state index in [1.54, 1.807) is 39.8 Å². The highest BCUT2D eigenvalue weighted by Crippen LogP contribution is 2.27. The smallest absolute Gasteiger partial charge is 0.254 e. The van der Waals surface area contributed by atoms with Gasteiger partial charge < -0.3 is 25.7 Å². The number of phenolic OH excluding ortho intramolecular Hbond substituents is 1. The third kappa shape index (κ3) is 6.38. The minimum absolute atomic E-state index is 0.0262. The van der Waals surface area contributed by atoms with Gasteiger partial charge in [0.15, 0.2) is 6.10 Å². The molecule has 0 spiro atoms. The molecule has 0 bridgehead atoms. The maximum Gasteiger partial charge on any atom is 0.254 e. The number of nitrogens with one attached hydrogen (secondary N) is 2. The first-order valence-electron chi connectivity index (χ1n) is 11.2. The molecule has 1 aliphatic heterocycles. The lowest BCUT2D eigenvalue weighted by Gasteiger charge is -2.33. The second-order valence-electron chi connectivity index (χ2n) is 10.2. The van der Waals surface area contributed by atoms with Crippen LogP contribution in [0.3, 0.4) is 0 Å². The molecule has 8 nitrogen and oxygen atoms in total. The Morgan fingerprint density at radius 3 is 2.33 bits per heavy atom. The number of rotatable bonds is 6. The zero-order valence-electron chi connectivity index (χ0n) is 20.4. The van der Waals surface area contributed by atoms with Crippen molar-refractivity contribution in [1.29, 1.82) is 0 Å². The topological polar surface area (TPSA) is 119 Å². The zero-order chi connectivity index (χ0) is 25.2. The molecule has 1 aromatic carbocycles. The maximum atomic E-state index is 13.2. The van der Waals surface area contributed by atoms with Gasteiger partial charge in [0.2, 0.25) is 5.91 Å². The number of hydrogen-bond acceptors (Lipinski definition) is 5. The van der Waals surface area contributed by atoms with E-state index in [4.69, 9.17) is 11.6 Å². The standard InChI is InChI=1S/C24H36ClN3O5/c1-12(2)18(26-21(31)16-9-8-13(3)19(29)14(16)4)20(30)23(33)28-11-15(25)10-17(28)22(32)27-24(5,6)7/h8-9,12,15,17-18,20,29-30H,10-11H2,1-7H3,(H,26,31)(H,27,32)/t15-,17-,18-,20-/m0/s1. The van der Waals surface area contributed by atoms with Gasteiger partial charge in [0.1, 0.15) is 11.8 Å². The van der Waals surface area contributed by atoms with E-state index in [-0.39, 0.29) is 36.1 Å². The van der Waals surface area contributed by atoms with E-state index in [0.717, 1.165) is 0 Å². The lowest BCUT2D eigenvalue weighted by Crippen LogP contribution is -2.57. The summed E-state index contributed by atoms with van der Waals surface area (Å²) < 4.78 is 0. The molecule has 4 atom stereocenters. The van der Waals surface area contributed by atoms with E-state index in [1.807, 2.05) is 20.8 Å². The summed E-state index contributed by atoms with van der Waals surface area (Å²) in [4.78, 5) is 40.2. The number of benzene rings is 1. The fourth-order valence-corrected chi connectivity index (χ4v) is 4.29. The number of aryl methyl sites for hydroxylation is 1. The van der Waals surface area contributed by atoms with E-state index >= 15 is 0 Å². The van der Waals surface area contributed by atoms with Gasteiger partial charge in [-0.05, 0) is 58.6 Å². The van der Waals surface area contributed by atoms with E-state index in [1.165, 1.54) is 4.90 Å². The molecule has 4 N–H and O–H groups in total. The molecule has 9 heteroatoms. The molecule has 0 radical (unpaired) electrons. The molecule has 0 unspecified atom stereocenters. The van der Waals surface area contributed by atoms with Crippen LogP contribution in [-0.4, -0.2) is 68.5 Å². The Balaban J connectivity index is 2.23. The second-order valence-corrected chi connectivity index (χ2v) is 10.8. The molecule has 0 saturated carbocycles. The van der Waals surface area contributed by atoms with Crippen LogP contribution >= 0.6 is 11.6 Å². The normalized spacial score (nSPS) is 20.5. The predicted molar refractivity (Wildman–Crippen MR) is 127 cm³/mol. The molecule has 33 heavy (non-hydrogen) atoms. The Kier molecular flexibility index (Phi) is 8.41. The van der Waals surface area contributed by atoms with Crippen molar-refractivity contribution in [2.75, 3.05) is 6.54 Å². The Hall–Kier alpha value is -2.32. The number of aliphatic hydroxyl groups excluding tert-OH is 1. The summed E-state index contributed by atoms with van der Waals surface area (Å²) in [5, 5.41) is 26.3. The number of nitrogens with zero attached hydrogens (tertiary/aromatic N) is 1. The molecule has 1 aliphatic rings. The van der Waals surface area contributed by atoms with Gasteiger partial charge in [-0.25, -0.2) is 0 Å². The van der Waals surface area contributed by atoms with Crippen molar-refractivity contribution in [3.8, 4) is 5.75 Å². The third-order valence-corrected chi connectivity index (χ3v) is 6.14. The predicted octanol–water partition coefficient (Wildman–Crippen LogP) is 2.25. The van der Waals surface area contributed by atoms with Gasteiger partial charge in [-0.15, -0.1) is 11.6 Å². The Bertz CT molecular complexity index is 912. The molecule has 0 aliphatic carbocycles. The van der Waals surface area contributed by atoms with Crippen molar-refractivity contribution < 1.29 is 24.6 Å². The van der Waals surface area contributed by atoms with Gasteiger partial charge in [0.25, 0.3) is 11.8 Å². The minimum Gasteiger partial charge on any atom is -0.507 e. The number of carbonyl (C=O) groups excluding carboxylic acids is 3. The average molecular weight is 482 g/mol. The number of alkyl halides is 1. The van der Waals surface area contributed by atoms with Crippen LogP contribution < -0.4 is 10.6 Å². The van der Waals surface area contributed by atoms with Crippen molar-refractivity contribution in [1.82, 2.24) is 15.5 Å². The summed E-state index contributed by atoms with van der Waals surface area (Å²) in [6.07, 6.45) is -1.29. The first-order chi connectivity index (χ1) is 15.1. The molecule has 1 fully saturated rings. The number of hydrogen-bond donors (Lipinski definition) is 4. The lowest BCUT2D eigenvalue weighted by molar-refractivity contribution is -0.147. The van der Waals surface area contributed by atoms with Crippen molar-refractivity contribution >= 4 is 29.3 Å². The SMILES string of the molecule is Cc1ccc(C(=O)N[C@@H](C(C)C)[C@H](O)C(=O)N2C[C@@H](Cl)C[C@H]2C(=O)NC(C)(C)C)c(C)c1O. The van der Waals surface area contributed by atoms with E-state index in [0.29, 0.717) is 11.1 Å². The summed E-state index contributed by atoms with van der Waals surface area (Å²) in [5.41, 5.74) is 0.830. The highest BCUT2D eigenvalue weighted by Gasteiger charge is 2.43. The van der Waals surface area contributed by atoms with Gasteiger partial charge in [-0.1, -0.05) is 19.9 Å². The Morgan fingerprint density at radius 1 is 1.18 bits per heavy atom. The average Bonchev–Trinajstić information content (AvgIpc) is 3.09. The van der Waals surface area contributed by atoms with Crippen molar-refractivity contribution in [2.24, 2.45) is 5.92 Å². The third-order valence-electron chi connectivity index (χ3n) is 5.82. The van der Waals surface area contributed by atoms with E-state index in [2.05, 4.69) is 10.6 Å². The number of aliphatic hydroxyl groups is 1. The maximum absolute atomic E-state index is 13.2. The fraction of sp³-hybridized carbons (Fsp3) is 0.625. The van der Waals surface area contributed by atoms with Crippen molar-refractivity contribution in [2.45, 2.75) is 84.0 Å². The monoisotopic (exact) mass is 481 g/mol. The number of amides is 3. The zero-order valence-corrected chi connectivity index (χ0v) is 21.2. The van der Waals surface area contributed by atoms with E-state index < -0.39 is 40.9 Å². The first kappa shape index (κ1) is 26.9. The van der Waals surface area contributed by atoms with Gasteiger partial charge >= 0.3 is 0 Å².